The molecule has 0 aromatic carbocycles. The largest absolute Gasteiger partial charge is 0.313 e. The van der Waals surface area contributed by atoms with Crippen LogP contribution in [0.1, 0.15) is 26.2 Å². The fourth-order valence-corrected chi connectivity index (χ4v) is 1.43. The zero-order chi connectivity index (χ0) is 9.52. The molecule has 0 saturated heterocycles. The second kappa shape index (κ2) is 5.52. The molecule has 1 atom stereocenters. The predicted molar refractivity (Wildman–Crippen MR) is 58.2 cm³/mol. The molecular weight excluding hydrogens is 158 g/mol. The van der Waals surface area contributed by atoms with E-state index in [1.165, 1.54) is 11.8 Å². The first-order chi connectivity index (χ1) is 6.34. The van der Waals surface area contributed by atoms with Crippen molar-refractivity contribution < 1.29 is 0 Å². The molecule has 1 unspecified atom stereocenters. The van der Waals surface area contributed by atoms with Gasteiger partial charge in [-0.05, 0) is 37.0 Å². The van der Waals surface area contributed by atoms with Crippen molar-refractivity contribution in [3.8, 4) is 0 Å². The Balaban J connectivity index is 2.65. The molecular formula is C12H17N. The molecule has 0 amide bonds. The standard InChI is InChI=1S/C12H17N/c1-11(9-10-13)12-7-5-3-2-4-6-8-12/h2-3,6-8,10-11,13H,4-5,9H2,1H3/b3-2+,8-6?,12-7?,13-10?. The maximum Gasteiger partial charge on any atom is -0.00418 e. The summed E-state index contributed by atoms with van der Waals surface area (Å²) in [5.74, 6) is 0.486. The molecule has 1 heteroatoms. The lowest BCUT2D eigenvalue weighted by Crippen LogP contribution is -1.98. The fourth-order valence-electron chi connectivity index (χ4n) is 1.43. The smallest absolute Gasteiger partial charge is 0.00418 e. The van der Waals surface area contributed by atoms with E-state index in [1.807, 2.05) is 0 Å². The molecule has 0 saturated carbocycles. The molecule has 0 fully saturated rings. The van der Waals surface area contributed by atoms with Crippen molar-refractivity contribution >= 4 is 6.21 Å². The van der Waals surface area contributed by atoms with Crippen LogP contribution in [-0.2, 0) is 0 Å². The maximum absolute atomic E-state index is 7.06. The molecule has 0 aromatic rings. The molecule has 70 valence electrons. The third kappa shape index (κ3) is 3.41. The lowest BCUT2D eigenvalue weighted by atomic mass is 9.95. The van der Waals surface area contributed by atoms with Crippen molar-refractivity contribution in [2.45, 2.75) is 26.2 Å². The van der Waals surface area contributed by atoms with Crippen LogP contribution >= 0.6 is 0 Å². The predicted octanol–water partition coefficient (Wildman–Crippen LogP) is 3.49. The van der Waals surface area contributed by atoms with E-state index in [0.29, 0.717) is 5.92 Å². The summed E-state index contributed by atoms with van der Waals surface area (Å²) in [5, 5.41) is 7.06. The Morgan fingerprint density at radius 3 is 2.92 bits per heavy atom. The van der Waals surface area contributed by atoms with Crippen LogP contribution in [-0.4, -0.2) is 6.21 Å². The summed E-state index contributed by atoms with van der Waals surface area (Å²) in [6.07, 6.45) is 15.4. The van der Waals surface area contributed by atoms with Gasteiger partial charge in [-0.2, -0.15) is 0 Å². The van der Waals surface area contributed by atoms with Gasteiger partial charge in [0, 0.05) is 0 Å². The number of rotatable bonds is 3. The molecule has 0 heterocycles. The van der Waals surface area contributed by atoms with Gasteiger partial charge in [-0.3, -0.25) is 0 Å². The van der Waals surface area contributed by atoms with Crippen LogP contribution in [0.2, 0.25) is 0 Å². The van der Waals surface area contributed by atoms with E-state index < -0.39 is 0 Å². The SMILES string of the molecule is CC(CC=N)C1=CC/C=C/CC=C1. The van der Waals surface area contributed by atoms with Crippen molar-refractivity contribution in [1.29, 1.82) is 5.41 Å². The first kappa shape index (κ1) is 9.97. The van der Waals surface area contributed by atoms with Crippen molar-refractivity contribution in [2.75, 3.05) is 0 Å². The molecule has 0 radical (unpaired) electrons. The molecule has 1 nitrogen and oxygen atoms in total. The quantitative estimate of drug-likeness (QED) is 0.501. The van der Waals surface area contributed by atoms with Crippen LogP contribution < -0.4 is 0 Å². The molecule has 1 aliphatic rings. The Kier molecular flexibility index (Phi) is 4.24. The van der Waals surface area contributed by atoms with E-state index in [2.05, 4.69) is 37.3 Å². The topological polar surface area (TPSA) is 23.9 Å². The van der Waals surface area contributed by atoms with Crippen LogP contribution in [0.15, 0.2) is 36.0 Å². The van der Waals surface area contributed by atoms with Crippen LogP contribution in [0.25, 0.3) is 0 Å². The summed E-state index contributed by atoms with van der Waals surface area (Å²) in [4.78, 5) is 0. The Hall–Kier alpha value is -1.11. The normalized spacial score (nSPS) is 21.2. The Labute approximate surface area is 80.4 Å². The number of hydrogen-bond donors (Lipinski definition) is 1. The summed E-state index contributed by atoms with van der Waals surface area (Å²) in [5.41, 5.74) is 1.37. The lowest BCUT2D eigenvalue weighted by molar-refractivity contribution is 0.735. The second-order valence-corrected chi connectivity index (χ2v) is 3.39. The van der Waals surface area contributed by atoms with Crippen molar-refractivity contribution in [3.05, 3.63) is 36.0 Å². The van der Waals surface area contributed by atoms with E-state index in [0.717, 1.165) is 19.3 Å². The Morgan fingerprint density at radius 1 is 1.38 bits per heavy atom. The first-order valence-corrected chi connectivity index (χ1v) is 4.85. The number of hydrogen-bond acceptors (Lipinski definition) is 1. The molecule has 0 spiro atoms. The highest BCUT2D eigenvalue weighted by atomic mass is 14.3. The molecule has 0 aliphatic heterocycles. The van der Waals surface area contributed by atoms with Crippen molar-refractivity contribution in [3.63, 3.8) is 0 Å². The van der Waals surface area contributed by atoms with E-state index >= 15 is 0 Å². The first-order valence-electron chi connectivity index (χ1n) is 4.85. The Morgan fingerprint density at radius 2 is 2.15 bits per heavy atom. The molecule has 0 aromatic heterocycles. The minimum absolute atomic E-state index is 0.486. The molecule has 1 aliphatic carbocycles. The van der Waals surface area contributed by atoms with E-state index in [9.17, 15) is 0 Å². The van der Waals surface area contributed by atoms with Crippen LogP contribution in [0.4, 0.5) is 0 Å². The van der Waals surface area contributed by atoms with Crippen molar-refractivity contribution in [2.24, 2.45) is 5.92 Å². The zero-order valence-electron chi connectivity index (χ0n) is 8.16. The van der Waals surface area contributed by atoms with Gasteiger partial charge in [-0.25, -0.2) is 0 Å². The van der Waals surface area contributed by atoms with Gasteiger partial charge in [-0.1, -0.05) is 37.3 Å². The van der Waals surface area contributed by atoms with Gasteiger partial charge in [0.2, 0.25) is 0 Å². The molecule has 1 rings (SSSR count). The molecule has 1 N–H and O–H groups in total. The second-order valence-electron chi connectivity index (χ2n) is 3.39. The molecule has 0 bridgehead atoms. The van der Waals surface area contributed by atoms with Gasteiger partial charge in [0.05, 0.1) is 0 Å². The fraction of sp³-hybridized carbons (Fsp3) is 0.417. The third-order valence-electron chi connectivity index (χ3n) is 2.28. The van der Waals surface area contributed by atoms with Gasteiger partial charge in [0.1, 0.15) is 0 Å². The Bertz CT molecular complexity index is 246. The number of nitrogens with one attached hydrogen (secondary N) is 1. The van der Waals surface area contributed by atoms with Gasteiger partial charge < -0.3 is 5.41 Å². The third-order valence-corrected chi connectivity index (χ3v) is 2.28. The van der Waals surface area contributed by atoms with Gasteiger partial charge in [-0.15, -0.1) is 0 Å². The molecule has 13 heavy (non-hydrogen) atoms. The van der Waals surface area contributed by atoms with Gasteiger partial charge in [0.15, 0.2) is 0 Å². The summed E-state index contributed by atoms with van der Waals surface area (Å²) in [7, 11) is 0. The van der Waals surface area contributed by atoms with Crippen LogP contribution in [0, 0.1) is 11.3 Å². The van der Waals surface area contributed by atoms with E-state index in [1.54, 1.807) is 0 Å². The van der Waals surface area contributed by atoms with Crippen molar-refractivity contribution in [1.82, 2.24) is 0 Å². The maximum atomic E-state index is 7.06. The summed E-state index contributed by atoms with van der Waals surface area (Å²) < 4.78 is 0. The van der Waals surface area contributed by atoms with E-state index in [4.69, 9.17) is 5.41 Å². The monoisotopic (exact) mass is 175 g/mol. The highest BCUT2D eigenvalue weighted by Crippen LogP contribution is 2.17. The minimum atomic E-state index is 0.486. The van der Waals surface area contributed by atoms with Gasteiger partial charge >= 0.3 is 0 Å². The summed E-state index contributed by atoms with van der Waals surface area (Å²) >= 11 is 0. The number of allylic oxidation sites excluding steroid dienone is 6. The average molecular weight is 175 g/mol. The average Bonchev–Trinajstić information content (AvgIpc) is 2.03. The van der Waals surface area contributed by atoms with E-state index in [-0.39, 0.29) is 0 Å². The highest BCUT2D eigenvalue weighted by molar-refractivity contribution is 5.54. The summed E-state index contributed by atoms with van der Waals surface area (Å²) in [6, 6.07) is 0. The lowest BCUT2D eigenvalue weighted by Gasteiger charge is -2.10. The van der Waals surface area contributed by atoms with Gasteiger partial charge in [0.25, 0.3) is 0 Å². The highest BCUT2D eigenvalue weighted by Gasteiger charge is 2.03. The van der Waals surface area contributed by atoms with Crippen LogP contribution in [0.3, 0.4) is 0 Å². The van der Waals surface area contributed by atoms with Crippen LogP contribution in [0.5, 0.6) is 0 Å². The minimum Gasteiger partial charge on any atom is -0.313 e. The zero-order valence-corrected chi connectivity index (χ0v) is 8.16. The summed E-state index contributed by atoms with van der Waals surface area (Å²) in [6.45, 7) is 2.17.